The monoisotopic (exact) mass is 285 g/mol. The van der Waals surface area contributed by atoms with E-state index in [4.69, 9.17) is 5.11 Å². The molecular formula is C15H15N3O3. The Kier molecular flexibility index (Phi) is 2.56. The van der Waals surface area contributed by atoms with Crippen molar-refractivity contribution in [3.63, 3.8) is 0 Å². The molecule has 1 unspecified atom stereocenters. The summed E-state index contributed by atoms with van der Waals surface area (Å²) in [7, 11) is 0. The highest BCUT2D eigenvalue weighted by Gasteiger charge is 2.48. The number of benzene rings is 1. The molecule has 1 fully saturated rings. The first kappa shape index (κ1) is 12.4. The van der Waals surface area contributed by atoms with E-state index in [1.807, 2.05) is 24.3 Å². The molecule has 3 heterocycles. The van der Waals surface area contributed by atoms with E-state index in [2.05, 4.69) is 4.98 Å². The number of fused-ring (bicyclic) bond motifs is 5. The van der Waals surface area contributed by atoms with Gasteiger partial charge < -0.3 is 15.0 Å². The lowest BCUT2D eigenvalue weighted by Crippen LogP contribution is -2.37. The molecule has 2 N–H and O–H groups in total. The molecule has 3 amide bonds. The molecule has 21 heavy (non-hydrogen) atoms. The number of amides is 3. The van der Waals surface area contributed by atoms with Gasteiger partial charge in [0, 0.05) is 17.4 Å². The summed E-state index contributed by atoms with van der Waals surface area (Å²) in [6.07, 6.45) is 0.738. The van der Waals surface area contributed by atoms with Crippen LogP contribution < -0.4 is 0 Å². The van der Waals surface area contributed by atoms with Crippen molar-refractivity contribution in [2.24, 2.45) is 0 Å². The lowest BCUT2D eigenvalue weighted by Gasteiger charge is -2.26. The average molecular weight is 285 g/mol. The molecule has 1 aromatic heterocycles. The molecular weight excluding hydrogens is 270 g/mol. The first-order valence-corrected chi connectivity index (χ1v) is 7.04. The number of para-hydroxylation sites is 1. The maximum atomic E-state index is 12.5. The summed E-state index contributed by atoms with van der Waals surface area (Å²) in [4.78, 5) is 30.8. The summed E-state index contributed by atoms with van der Waals surface area (Å²) in [5, 5.41) is 10.2. The van der Waals surface area contributed by atoms with Gasteiger partial charge in [-0.15, -0.1) is 0 Å². The Morgan fingerprint density at radius 3 is 2.90 bits per heavy atom. The van der Waals surface area contributed by atoms with Crippen LogP contribution in [0, 0.1) is 0 Å². The van der Waals surface area contributed by atoms with Crippen molar-refractivity contribution >= 4 is 22.8 Å². The van der Waals surface area contributed by atoms with Crippen molar-refractivity contribution in [2.75, 3.05) is 19.7 Å². The Morgan fingerprint density at radius 2 is 2.10 bits per heavy atom. The lowest BCUT2D eigenvalue weighted by atomic mass is 9.98. The smallest absolute Gasteiger partial charge is 0.327 e. The zero-order valence-corrected chi connectivity index (χ0v) is 11.4. The molecule has 1 atom stereocenters. The predicted molar refractivity (Wildman–Crippen MR) is 75.6 cm³/mol. The number of hydrogen-bond acceptors (Lipinski definition) is 3. The number of imide groups is 1. The molecule has 2 aromatic rings. The largest absolute Gasteiger partial charge is 0.395 e. The van der Waals surface area contributed by atoms with Gasteiger partial charge >= 0.3 is 6.03 Å². The van der Waals surface area contributed by atoms with Crippen LogP contribution in [0.15, 0.2) is 24.3 Å². The van der Waals surface area contributed by atoms with Crippen LogP contribution >= 0.6 is 0 Å². The fourth-order valence-corrected chi connectivity index (χ4v) is 3.41. The molecule has 0 saturated carbocycles. The number of urea groups is 1. The van der Waals surface area contributed by atoms with E-state index < -0.39 is 6.04 Å². The average Bonchev–Trinajstić information content (AvgIpc) is 2.98. The fraction of sp³-hybridized carbons (Fsp3) is 0.333. The molecule has 1 aromatic carbocycles. The molecule has 0 aliphatic carbocycles. The first-order valence-electron chi connectivity index (χ1n) is 7.04. The molecule has 6 heteroatoms. The molecule has 4 rings (SSSR count). The Balaban J connectivity index is 1.85. The summed E-state index contributed by atoms with van der Waals surface area (Å²) in [6, 6.07) is 7.06. The number of aliphatic hydroxyl groups is 1. The Hall–Kier alpha value is -2.34. The van der Waals surface area contributed by atoms with Crippen molar-refractivity contribution in [3.8, 4) is 0 Å². The Bertz CT molecular complexity index is 752. The van der Waals surface area contributed by atoms with E-state index in [1.54, 1.807) is 4.90 Å². The number of aromatic nitrogens is 1. The van der Waals surface area contributed by atoms with E-state index >= 15 is 0 Å². The molecule has 108 valence electrons. The number of rotatable bonds is 2. The van der Waals surface area contributed by atoms with Gasteiger partial charge in [-0.3, -0.25) is 9.69 Å². The van der Waals surface area contributed by atoms with Crippen molar-refractivity contribution in [3.05, 3.63) is 35.5 Å². The van der Waals surface area contributed by atoms with Crippen LogP contribution in [0.2, 0.25) is 0 Å². The standard InChI is InChI=1S/C15H15N3O3/c19-8-7-18-14(20)13-12-10(5-6-17(13)15(18)21)9-3-1-2-4-11(9)16-12/h1-4,13,16,19H,5-8H2. The molecule has 2 aliphatic heterocycles. The predicted octanol–water partition coefficient (Wildman–Crippen LogP) is 1.02. The number of aromatic amines is 1. The second kappa shape index (κ2) is 4.33. The van der Waals surface area contributed by atoms with E-state index in [1.165, 1.54) is 0 Å². The highest BCUT2D eigenvalue weighted by Crippen LogP contribution is 2.39. The van der Waals surface area contributed by atoms with Gasteiger partial charge in [-0.2, -0.15) is 0 Å². The second-order valence-corrected chi connectivity index (χ2v) is 5.40. The SMILES string of the molecule is O=C1C2c3[nH]c4ccccc4c3CCN2C(=O)N1CCO. The first-order chi connectivity index (χ1) is 10.2. The topological polar surface area (TPSA) is 76.6 Å². The third kappa shape index (κ3) is 1.56. The highest BCUT2D eigenvalue weighted by atomic mass is 16.3. The van der Waals surface area contributed by atoms with Crippen LogP contribution in [0.1, 0.15) is 17.3 Å². The second-order valence-electron chi connectivity index (χ2n) is 5.40. The van der Waals surface area contributed by atoms with Gasteiger partial charge in [-0.25, -0.2) is 4.79 Å². The third-order valence-corrected chi connectivity index (χ3v) is 4.33. The van der Waals surface area contributed by atoms with Crippen molar-refractivity contribution in [1.82, 2.24) is 14.8 Å². The summed E-state index contributed by atoms with van der Waals surface area (Å²) < 4.78 is 0. The van der Waals surface area contributed by atoms with Crippen LogP contribution in [-0.4, -0.2) is 51.5 Å². The van der Waals surface area contributed by atoms with E-state index in [0.717, 1.165) is 33.5 Å². The maximum Gasteiger partial charge on any atom is 0.327 e. The van der Waals surface area contributed by atoms with Crippen LogP contribution in [-0.2, 0) is 11.2 Å². The number of nitrogens with one attached hydrogen (secondary N) is 1. The Morgan fingerprint density at radius 1 is 1.29 bits per heavy atom. The molecule has 0 radical (unpaired) electrons. The number of β-amino-alcohol motifs (C(OH)–C–C–N with tert-alkyl or cyclic N) is 1. The van der Waals surface area contributed by atoms with E-state index in [0.29, 0.717) is 6.54 Å². The minimum absolute atomic E-state index is 0.0558. The van der Waals surface area contributed by atoms with Gasteiger partial charge in [0.2, 0.25) is 0 Å². The van der Waals surface area contributed by atoms with Crippen LogP contribution in [0.25, 0.3) is 10.9 Å². The number of carbonyl (C=O) groups is 2. The number of aliphatic hydroxyl groups excluding tert-OH is 1. The zero-order chi connectivity index (χ0) is 14.6. The lowest BCUT2D eigenvalue weighted by molar-refractivity contribution is -0.129. The highest BCUT2D eigenvalue weighted by molar-refractivity contribution is 6.05. The minimum Gasteiger partial charge on any atom is -0.395 e. The van der Waals surface area contributed by atoms with Crippen LogP contribution in [0.3, 0.4) is 0 Å². The van der Waals surface area contributed by atoms with Crippen molar-refractivity contribution in [1.29, 1.82) is 0 Å². The number of nitrogens with zero attached hydrogens (tertiary/aromatic N) is 2. The molecule has 1 saturated heterocycles. The van der Waals surface area contributed by atoms with E-state index in [-0.39, 0.29) is 25.1 Å². The van der Waals surface area contributed by atoms with Gasteiger partial charge in [-0.1, -0.05) is 18.2 Å². The zero-order valence-electron chi connectivity index (χ0n) is 11.4. The summed E-state index contributed by atoms with van der Waals surface area (Å²) >= 11 is 0. The van der Waals surface area contributed by atoms with Crippen LogP contribution in [0.4, 0.5) is 4.79 Å². The molecule has 0 bridgehead atoms. The van der Waals surface area contributed by atoms with Gasteiger partial charge in [0.15, 0.2) is 6.04 Å². The summed E-state index contributed by atoms with van der Waals surface area (Å²) in [5.41, 5.74) is 2.94. The number of carbonyl (C=O) groups excluding carboxylic acids is 2. The van der Waals surface area contributed by atoms with Crippen molar-refractivity contribution in [2.45, 2.75) is 12.5 Å². The Labute approximate surface area is 121 Å². The summed E-state index contributed by atoms with van der Waals surface area (Å²) in [6.45, 7) is 0.379. The third-order valence-electron chi connectivity index (χ3n) is 4.33. The molecule has 0 spiro atoms. The fourth-order valence-electron chi connectivity index (χ4n) is 3.41. The van der Waals surface area contributed by atoms with Crippen molar-refractivity contribution < 1.29 is 14.7 Å². The van der Waals surface area contributed by atoms with Gasteiger partial charge in [0.1, 0.15) is 0 Å². The normalized spacial score (nSPS) is 21.1. The van der Waals surface area contributed by atoms with Gasteiger partial charge in [0.05, 0.1) is 18.8 Å². The maximum absolute atomic E-state index is 12.5. The van der Waals surface area contributed by atoms with Gasteiger partial charge in [0.25, 0.3) is 5.91 Å². The van der Waals surface area contributed by atoms with E-state index in [9.17, 15) is 9.59 Å². The quantitative estimate of drug-likeness (QED) is 0.809. The number of H-pyrrole nitrogens is 1. The van der Waals surface area contributed by atoms with Crippen LogP contribution in [0.5, 0.6) is 0 Å². The number of hydrogen-bond donors (Lipinski definition) is 2. The van der Waals surface area contributed by atoms with Gasteiger partial charge in [-0.05, 0) is 18.1 Å². The minimum atomic E-state index is -0.569. The molecule has 6 nitrogen and oxygen atoms in total. The molecule has 2 aliphatic rings. The summed E-state index contributed by atoms with van der Waals surface area (Å²) in [5.74, 6) is -0.249.